The van der Waals surface area contributed by atoms with Crippen LogP contribution in [-0.2, 0) is 11.8 Å². The maximum Gasteiger partial charge on any atom is 0.341 e. The van der Waals surface area contributed by atoms with Gasteiger partial charge >= 0.3 is 5.97 Å². The monoisotopic (exact) mass is 346 g/mol. The van der Waals surface area contributed by atoms with Crippen LogP contribution >= 0.6 is 0 Å². The van der Waals surface area contributed by atoms with Crippen molar-refractivity contribution >= 4 is 22.7 Å². The third-order valence-corrected chi connectivity index (χ3v) is 4.99. The zero-order valence-corrected chi connectivity index (χ0v) is 15.1. The van der Waals surface area contributed by atoms with Crippen molar-refractivity contribution < 1.29 is 14.6 Å². The molecule has 0 aliphatic heterocycles. The number of hydrogen-bond acceptors (Lipinski definition) is 6. The van der Waals surface area contributed by atoms with Gasteiger partial charge in [-0.3, -0.25) is 4.68 Å². The molecule has 2 aromatic rings. The summed E-state index contributed by atoms with van der Waals surface area (Å²) in [5.41, 5.74) is 1.93. The zero-order valence-electron chi connectivity index (χ0n) is 15.1. The Kier molecular flexibility index (Phi) is 5.22. The van der Waals surface area contributed by atoms with Crippen LogP contribution in [0.1, 0.15) is 43.0 Å². The summed E-state index contributed by atoms with van der Waals surface area (Å²) in [6.45, 7) is 2.78. The number of aromatic nitrogens is 3. The van der Waals surface area contributed by atoms with Gasteiger partial charge < -0.3 is 14.7 Å². The minimum Gasteiger partial charge on any atom is -0.462 e. The number of rotatable bonds is 5. The largest absolute Gasteiger partial charge is 0.462 e. The molecule has 2 aromatic heterocycles. The first-order valence-corrected chi connectivity index (χ1v) is 8.90. The summed E-state index contributed by atoms with van der Waals surface area (Å²) < 4.78 is 6.89. The van der Waals surface area contributed by atoms with Gasteiger partial charge in [0.05, 0.1) is 30.0 Å². The molecular weight excluding hydrogens is 320 g/mol. The Bertz CT molecular complexity index is 758. The molecule has 0 aromatic carbocycles. The number of anilines is 1. The molecule has 0 saturated heterocycles. The van der Waals surface area contributed by atoms with Crippen LogP contribution in [0.5, 0.6) is 0 Å². The molecule has 7 nitrogen and oxygen atoms in total. The van der Waals surface area contributed by atoms with E-state index < -0.39 is 0 Å². The van der Waals surface area contributed by atoms with Crippen LogP contribution in [0.15, 0.2) is 12.4 Å². The lowest BCUT2D eigenvalue weighted by molar-refractivity contribution is 0.0526. The minimum absolute atomic E-state index is 0.202. The van der Waals surface area contributed by atoms with Crippen molar-refractivity contribution in [3.8, 4) is 0 Å². The van der Waals surface area contributed by atoms with Gasteiger partial charge in [0.1, 0.15) is 5.56 Å². The summed E-state index contributed by atoms with van der Waals surface area (Å²) in [5.74, 6) is -0.180. The second-order valence-corrected chi connectivity index (χ2v) is 6.74. The lowest BCUT2D eigenvalue weighted by Crippen LogP contribution is -2.35. The maximum atomic E-state index is 12.4. The fourth-order valence-electron chi connectivity index (χ4n) is 3.70. The molecule has 2 unspecified atom stereocenters. The van der Waals surface area contributed by atoms with Crippen LogP contribution in [0.25, 0.3) is 11.0 Å². The molecule has 1 aliphatic rings. The standard InChI is InChI=1S/C18H26N4O3/c1-4-25-18(24)14-9-19-17-13(10-20-22(17)3)16(14)21(2)11-12-7-5-6-8-15(12)23/h9-10,12,15,23H,4-8,11H2,1-3H3. The van der Waals surface area contributed by atoms with Crippen molar-refractivity contribution in [3.63, 3.8) is 0 Å². The highest BCUT2D eigenvalue weighted by atomic mass is 16.5. The van der Waals surface area contributed by atoms with Crippen LogP contribution in [0.3, 0.4) is 0 Å². The van der Waals surface area contributed by atoms with Crippen molar-refractivity contribution in [1.82, 2.24) is 14.8 Å². The lowest BCUT2D eigenvalue weighted by Gasteiger charge is -2.32. The van der Waals surface area contributed by atoms with E-state index in [1.165, 1.54) is 0 Å². The van der Waals surface area contributed by atoms with E-state index in [0.717, 1.165) is 42.4 Å². The van der Waals surface area contributed by atoms with Crippen molar-refractivity contribution in [1.29, 1.82) is 0 Å². The molecule has 2 atom stereocenters. The number of aliphatic hydroxyl groups is 1. The van der Waals surface area contributed by atoms with Crippen LogP contribution in [0.4, 0.5) is 5.69 Å². The number of carbonyl (C=O) groups excluding carboxylic acids is 1. The Morgan fingerprint density at radius 2 is 2.16 bits per heavy atom. The normalized spacial score (nSPS) is 20.6. The van der Waals surface area contributed by atoms with Crippen molar-refractivity contribution in [2.45, 2.75) is 38.7 Å². The number of aliphatic hydroxyl groups excluding tert-OH is 1. The van der Waals surface area contributed by atoms with Gasteiger partial charge in [-0.2, -0.15) is 5.10 Å². The molecule has 1 aliphatic carbocycles. The van der Waals surface area contributed by atoms with Gasteiger partial charge in [-0.25, -0.2) is 9.78 Å². The first-order valence-electron chi connectivity index (χ1n) is 8.90. The lowest BCUT2D eigenvalue weighted by atomic mass is 9.86. The molecular formula is C18H26N4O3. The van der Waals surface area contributed by atoms with E-state index in [2.05, 4.69) is 10.1 Å². The smallest absolute Gasteiger partial charge is 0.341 e. The number of carbonyl (C=O) groups is 1. The van der Waals surface area contributed by atoms with Gasteiger partial charge in [-0.15, -0.1) is 0 Å². The number of hydrogen-bond donors (Lipinski definition) is 1. The van der Waals surface area contributed by atoms with E-state index >= 15 is 0 Å². The van der Waals surface area contributed by atoms with Gasteiger partial charge in [0, 0.05) is 32.8 Å². The van der Waals surface area contributed by atoms with E-state index in [-0.39, 0.29) is 18.0 Å². The van der Waals surface area contributed by atoms with Gasteiger partial charge in [-0.05, 0) is 19.8 Å². The highest BCUT2D eigenvalue weighted by Gasteiger charge is 2.27. The summed E-state index contributed by atoms with van der Waals surface area (Å²) in [4.78, 5) is 18.8. The molecule has 1 saturated carbocycles. The predicted octanol–water partition coefficient (Wildman–Crippen LogP) is 2.13. The summed E-state index contributed by atoms with van der Waals surface area (Å²) in [7, 11) is 3.78. The Balaban J connectivity index is 1.99. The highest BCUT2D eigenvalue weighted by Crippen LogP contribution is 2.32. The molecule has 0 amide bonds. The molecule has 136 valence electrons. The average Bonchev–Trinajstić information content (AvgIpc) is 2.97. The summed E-state index contributed by atoms with van der Waals surface area (Å²) in [6, 6.07) is 0. The van der Waals surface area contributed by atoms with E-state index in [1.807, 2.05) is 19.0 Å². The molecule has 0 radical (unpaired) electrons. The predicted molar refractivity (Wildman–Crippen MR) is 95.7 cm³/mol. The van der Waals surface area contributed by atoms with Crippen LogP contribution in [0, 0.1) is 5.92 Å². The van der Waals surface area contributed by atoms with Gasteiger partial charge in [0.2, 0.25) is 0 Å². The highest BCUT2D eigenvalue weighted by molar-refractivity contribution is 6.04. The van der Waals surface area contributed by atoms with Crippen molar-refractivity contribution in [3.05, 3.63) is 18.0 Å². The van der Waals surface area contributed by atoms with E-state index in [0.29, 0.717) is 18.7 Å². The Morgan fingerprint density at radius 1 is 1.40 bits per heavy atom. The first-order chi connectivity index (χ1) is 12.0. The second kappa shape index (κ2) is 7.39. The quantitative estimate of drug-likeness (QED) is 0.836. The molecule has 1 N–H and O–H groups in total. The Labute approximate surface area is 147 Å². The first kappa shape index (κ1) is 17.7. The molecule has 3 rings (SSSR count). The topological polar surface area (TPSA) is 80.5 Å². The number of nitrogens with zero attached hydrogens (tertiary/aromatic N) is 4. The maximum absolute atomic E-state index is 12.4. The Hall–Kier alpha value is -2.15. The van der Waals surface area contributed by atoms with Crippen LogP contribution in [-0.4, -0.2) is 52.1 Å². The number of ether oxygens (including phenoxy) is 1. The summed E-state index contributed by atoms with van der Waals surface area (Å²) in [5, 5.41) is 15.4. The second-order valence-electron chi connectivity index (χ2n) is 6.74. The Morgan fingerprint density at radius 3 is 2.88 bits per heavy atom. The minimum atomic E-state index is -0.383. The van der Waals surface area contributed by atoms with E-state index in [1.54, 1.807) is 24.0 Å². The number of esters is 1. The molecule has 2 heterocycles. The molecule has 1 fully saturated rings. The van der Waals surface area contributed by atoms with Crippen molar-refractivity contribution in [2.75, 3.05) is 25.1 Å². The van der Waals surface area contributed by atoms with Gasteiger partial charge in [0.15, 0.2) is 5.65 Å². The van der Waals surface area contributed by atoms with Gasteiger partial charge in [0.25, 0.3) is 0 Å². The third kappa shape index (κ3) is 3.46. The van der Waals surface area contributed by atoms with Crippen molar-refractivity contribution in [2.24, 2.45) is 13.0 Å². The number of aryl methyl sites for hydroxylation is 1. The summed E-state index contributed by atoms with van der Waals surface area (Å²) >= 11 is 0. The van der Waals surface area contributed by atoms with Crippen LogP contribution < -0.4 is 4.90 Å². The number of fused-ring (bicyclic) bond motifs is 1. The van der Waals surface area contributed by atoms with E-state index in [4.69, 9.17) is 4.74 Å². The third-order valence-electron chi connectivity index (χ3n) is 4.99. The number of pyridine rings is 1. The fraction of sp³-hybridized carbons (Fsp3) is 0.611. The van der Waals surface area contributed by atoms with Gasteiger partial charge in [-0.1, -0.05) is 12.8 Å². The summed E-state index contributed by atoms with van der Waals surface area (Å²) in [6.07, 6.45) is 7.08. The molecule has 25 heavy (non-hydrogen) atoms. The molecule has 0 bridgehead atoms. The fourth-order valence-corrected chi connectivity index (χ4v) is 3.70. The average molecular weight is 346 g/mol. The zero-order chi connectivity index (χ0) is 18.0. The molecule has 7 heteroatoms. The molecule has 0 spiro atoms. The van der Waals surface area contributed by atoms with E-state index in [9.17, 15) is 9.90 Å². The SMILES string of the molecule is CCOC(=O)c1cnc2c(cnn2C)c1N(C)CC1CCCCC1O. The van der Waals surface area contributed by atoms with Crippen LogP contribution in [0.2, 0.25) is 0 Å².